The third-order valence-electron chi connectivity index (χ3n) is 3.62. The van der Waals surface area contributed by atoms with Crippen LogP contribution in [-0.4, -0.2) is 16.5 Å². The molecule has 0 amide bonds. The summed E-state index contributed by atoms with van der Waals surface area (Å²) in [4.78, 5) is 6.39. The smallest absolute Gasteiger partial charge is 0.310 e. The molecule has 0 bridgehead atoms. The van der Waals surface area contributed by atoms with Gasteiger partial charge in [0.25, 0.3) is 0 Å². The maximum Gasteiger partial charge on any atom is 0.310 e. The van der Waals surface area contributed by atoms with Gasteiger partial charge in [-0.2, -0.15) is 0 Å². The van der Waals surface area contributed by atoms with Gasteiger partial charge in [0, 0.05) is 11.9 Å². The number of rotatable bonds is 5. The SMILES string of the molecule is FS(F)(F)(F)(F)c1ccc(CCNc2ncnc3ccccc23)cc1. The van der Waals surface area contributed by atoms with E-state index in [2.05, 4.69) is 15.3 Å². The first-order valence-corrected chi connectivity index (χ1v) is 9.25. The van der Waals surface area contributed by atoms with E-state index in [4.69, 9.17) is 0 Å². The van der Waals surface area contributed by atoms with Crippen LogP contribution in [0.25, 0.3) is 10.9 Å². The normalized spacial score (nSPS) is 14.8. The summed E-state index contributed by atoms with van der Waals surface area (Å²) >= 11 is 0. The molecule has 0 atom stereocenters. The number of anilines is 1. The minimum absolute atomic E-state index is 0.360. The Bertz CT molecular complexity index is 906. The number of aromatic nitrogens is 2. The van der Waals surface area contributed by atoms with Crippen LogP contribution in [0.1, 0.15) is 5.56 Å². The lowest BCUT2D eigenvalue weighted by atomic mass is 10.1. The van der Waals surface area contributed by atoms with Crippen LogP contribution in [-0.2, 0) is 6.42 Å². The third kappa shape index (κ3) is 4.16. The number of hydrogen-bond acceptors (Lipinski definition) is 3. The van der Waals surface area contributed by atoms with Crippen molar-refractivity contribution in [2.75, 3.05) is 11.9 Å². The Balaban J connectivity index is 1.69. The van der Waals surface area contributed by atoms with Crippen LogP contribution in [0.5, 0.6) is 0 Å². The van der Waals surface area contributed by atoms with Crippen LogP contribution in [0.2, 0.25) is 0 Å². The second kappa shape index (κ2) is 5.29. The highest BCUT2D eigenvalue weighted by Gasteiger charge is 2.65. The van der Waals surface area contributed by atoms with Crippen molar-refractivity contribution in [3.8, 4) is 0 Å². The number of para-hydroxylation sites is 1. The van der Waals surface area contributed by atoms with E-state index in [1.807, 2.05) is 24.3 Å². The number of fused-ring (bicyclic) bond motifs is 1. The van der Waals surface area contributed by atoms with Gasteiger partial charge in [-0.05, 0) is 36.2 Å². The minimum Gasteiger partial charge on any atom is -0.369 e. The summed E-state index contributed by atoms with van der Waals surface area (Å²) in [6, 6.07) is 10.4. The van der Waals surface area contributed by atoms with E-state index >= 15 is 0 Å². The number of benzene rings is 2. The second-order valence-electron chi connectivity index (χ2n) is 5.53. The molecular formula is C16H14F5N3S. The highest BCUT2D eigenvalue weighted by molar-refractivity contribution is 8.45. The van der Waals surface area contributed by atoms with Crippen LogP contribution in [0, 0.1) is 0 Å². The predicted octanol–water partition coefficient (Wildman–Crippen LogP) is 5.94. The molecule has 3 nitrogen and oxygen atoms in total. The minimum atomic E-state index is -9.61. The van der Waals surface area contributed by atoms with Crippen molar-refractivity contribution in [1.29, 1.82) is 0 Å². The molecule has 0 fully saturated rings. The van der Waals surface area contributed by atoms with Crippen LogP contribution in [0.4, 0.5) is 25.2 Å². The first kappa shape index (κ1) is 17.4. The molecule has 1 aromatic heterocycles. The zero-order chi connectivity index (χ0) is 18.2. The number of nitrogens with one attached hydrogen (secondary N) is 1. The average Bonchev–Trinajstić information content (AvgIpc) is 2.53. The third-order valence-corrected chi connectivity index (χ3v) is 4.78. The zero-order valence-electron chi connectivity index (χ0n) is 12.8. The molecule has 134 valence electrons. The monoisotopic (exact) mass is 375 g/mol. The van der Waals surface area contributed by atoms with Crippen LogP contribution >= 0.6 is 10.2 Å². The molecule has 0 spiro atoms. The molecule has 0 radical (unpaired) electrons. The molecule has 3 aromatic rings. The lowest BCUT2D eigenvalue weighted by Gasteiger charge is -2.40. The van der Waals surface area contributed by atoms with E-state index in [9.17, 15) is 19.4 Å². The average molecular weight is 375 g/mol. The molecule has 1 N–H and O–H groups in total. The molecular weight excluding hydrogens is 361 g/mol. The van der Waals surface area contributed by atoms with Crippen molar-refractivity contribution in [3.05, 3.63) is 60.4 Å². The Morgan fingerprint density at radius 3 is 2.20 bits per heavy atom. The maximum absolute atomic E-state index is 12.7. The summed E-state index contributed by atoms with van der Waals surface area (Å²) in [5, 5.41) is 3.90. The molecule has 0 saturated carbocycles. The Labute approximate surface area is 140 Å². The Morgan fingerprint density at radius 1 is 0.840 bits per heavy atom. The molecule has 3 rings (SSSR count). The van der Waals surface area contributed by atoms with E-state index in [1.165, 1.54) is 6.33 Å². The highest BCUT2D eigenvalue weighted by Crippen LogP contribution is 3.02. The number of hydrogen-bond donors (Lipinski definition) is 1. The predicted molar refractivity (Wildman–Crippen MR) is 89.6 cm³/mol. The fourth-order valence-corrected chi connectivity index (χ4v) is 3.03. The number of nitrogens with zero attached hydrogens (tertiary/aromatic N) is 2. The molecule has 2 aromatic carbocycles. The summed E-state index contributed by atoms with van der Waals surface area (Å²) in [6.45, 7) is 0.386. The van der Waals surface area contributed by atoms with Gasteiger partial charge in [-0.3, -0.25) is 0 Å². The van der Waals surface area contributed by atoms with E-state index in [0.29, 0.717) is 36.5 Å². The van der Waals surface area contributed by atoms with Crippen molar-refractivity contribution < 1.29 is 19.4 Å². The van der Waals surface area contributed by atoms with E-state index in [1.54, 1.807) is 0 Å². The summed E-state index contributed by atoms with van der Waals surface area (Å²) in [5.41, 5.74) is 1.27. The quantitative estimate of drug-likeness (QED) is 0.561. The van der Waals surface area contributed by atoms with Crippen molar-refractivity contribution >= 4 is 26.9 Å². The van der Waals surface area contributed by atoms with Crippen molar-refractivity contribution in [2.24, 2.45) is 0 Å². The van der Waals surface area contributed by atoms with Gasteiger partial charge in [0.15, 0.2) is 0 Å². The first-order valence-electron chi connectivity index (χ1n) is 7.30. The molecule has 0 unspecified atom stereocenters. The van der Waals surface area contributed by atoms with Gasteiger partial charge < -0.3 is 5.32 Å². The summed E-state index contributed by atoms with van der Waals surface area (Å²) in [7, 11) is -9.61. The molecule has 0 aliphatic rings. The molecule has 1 heterocycles. The Morgan fingerprint density at radius 2 is 1.52 bits per heavy atom. The maximum atomic E-state index is 12.7. The van der Waals surface area contributed by atoms with Crippen molar-refractivity contribution in [3.63, 3.8) is 0 Å². The Kier molecular flexibility index (Phi) is 3.68. The second-order valence-corrected chi connectivity index (χ2v) is 7.94. The molecule has 0 saturated heterocycles. The van der Waals surface area contributed by atoms with Crippen LogP contribution < -0.4 is 5.32 Å². The van der Waals surface area contributed by atoms with Gasteiger partial charge in [0.2, 0.25) is 0 Å². The van der Waals surface area contributed by atoms with E-state index in [-0.39, 0.29) is 0 Å². The van der Waals surface area contributed by atoms with E-state index in [0.717, 1.165) is 23.0 Å². The molecule has 25 heavy (non-hydrogen) atoms. The van der Waals surface area contributed by atoms with Gasteiger partial charge in [0.1, 0.15) is 17.0 Å². The standard InChI is InChI=1S/C16H14F5N3S/c17-25(18,19,20,21)13-7-5-12(6-8-13)9-10-22-16-14-3-1-2-4-15(14)23-11-24-16/h1-8,11H,9-10H2,(H,22,23,24). The van der Waals surface area contributed by atoms with Gasteiger partial charge in [-0.15, -0.1) is 0 Å². The van der Waals surface area contributed by atoms with Crippen molar-refractivity contribution in [2.45, 2.75) is 11.3 Å². The highest BCUT2D eigenvalue weighted by atomic mass is 32.5. The zero-order valence-corrected chi connectivity index (χ0v) is 13.6. The van der Waals surface area contributed by atoms with Gasteiger partial charge in [-0.25, -0.2) is 9.97 Å². The largest absolute Gasteiger partial charge is 0.369 e. The fourth-order valence-electron chi connectivity index (χ4n) is 2.38. The molecule has 9 heteroatoms. The summed E-state index contributed by atoms with van der Waals surface area (Å²) in [6.07, 6.45) is 1.77. The van der Waals surface area contributed by atoms with Crippen molar-refractivity contribution in [1.82, 2.24) is 9.97 Å². The number of halogens is 5. The van der Waals surface area contributed by atoms with Gasteiger partial charge in [0.05, 0.1) is 5.52 Å². The summed E-state index contributed by atoms with van der Waals surface area (Å²) < 4.78 is 63.4. The lowest BCUT2D eigenvalue weighted by Crippen LogP contribution is -2.08. The van der Waals surface area contributed by atoms with Crippen LogP contribution in [0.15, 0.2) is 59.8 Å². The fraction of sp³-hybridized carbons (Fsp3) is 0.125. The molecule has 0 aliphatic heterocycles. The summed E-state index contributed by atoms with van der Waals surface area (Å²) in [5.74, 6) is 0.606. The molecule has 0 aliphatic carbocycles. The van der Waals surface area contributed by atoms with Gasteiger partial charge in [-0.1, -0.05) is 43.7 Å². The van der Waals surface area contributed by atoms with Crippen LogP contribution in [0.3, 0.4) is 0 Å². The topological polar surface area (TPSA) is 37.8 Å². The lowest BCUT2D eigenvalue weighted by molar-refractivity contribution is 0.364. The Hall–Kier alpha value is -2.42. The first-order chi connectivity index (χ1) is 11.5. The van der Waals surface area contributed by atoms with E-state index < -0.39 is 15.1 Å². The van der Waals surface area contributed by atoms with Gasteiger partial charge >= 0.3 is 10.2 Å².